The molecule has 1 unspecified atom stereocenters. The molecule has 67 heavy (non-hydrogen) atoms. The van der Waals surface area contributed by atoms with Crippen LogP contribution in [0.1, 0.15) is 10.4 Å². The van der Waals surface area contributed by atoms with Gasteiger partial charge in [0.25, 0.3) is 36.3 Å². The number of aromatic hydroxyl groups is 1. The maximum atomic E-state index is 13.2. The number of azo groups is 3. The Morgan fingerprint density at radius 1 is 0.657 bits per heavy atom. The number of aromatic carboxylic acids is 1. The summed E-state index contributed by atoms with van der Waals surface area (Å²) in [6, 6.07) is 11.2. The van der Waals surface area contributed by atoms with Gasteiger partial charge in [0.1, 0.15) is 52.4 Å². The van der Waals surface area contributed by atoms with Crippen LogP contribution in [0.3, 0.4) is 0 Å². The summed E-state index contributed by atoms with van der Waals surface area (Å²) in [7, 11) is -14.6. The van der Waals surface area contributed by atoms with Gasteiger partial charge in [-0.15, -0.1) is 20.5 Å². The minimum absolute atomic E-state index is 0.0898. The monoisotopic (exact) mass is 986 g/mol. The first-order chi connectivity index (χ1) is 31.5. The zero-order valence-corrected chi connectivity index (χ0v) is 35.7. The summed E-state index contributed by atoms with van der Waals surface area (Å²) in [5.74, 6) is -5.70. The Kier molecular flexibility index (Phi) is 14.1. The van der Waals surface area contributed by atoms with Crippen LogP contribution < -0.4 is 14.5 Å². The number of aliphatic carboxylic acids is 1. The second-order valence-corrected chi connectivity index (χ2v) is 17.5. The van der Waals surface area contributed by atoms with Crippen LogP contribution >= 0.6 is 0 Å². The summed E-state index contributed by atoms with van der Waals surface area (Å²) in [5.41, 5.74) is -3.45. The molecule has 27 nitrogen and oxygen atoms in total. The number of aliphatic hydroxyl groups excluding tert-OH is 2. The maximum Gasteiger partial charge on any atom is 0.355 e. The first kappa shape index (κ1) is 48.7. The molecule has 1 aliphatic rings. The van der Waals surface area contributed by atoms with Crippen LogP contribution in [0.5, 0.6) is 17.2 Å². The molecule has 1 heterocycles. The Morgan fingerprint density at radius 2 is 1.22 bits per heavy atom. The van der Waals surface area contributed by atoms with Gasteiger partial charge in [0, 0.05) is 17.5 Å². The van der Waals surface area contributed by atoms with E-state index >= 15 is 0 Å². The molecule has 30 heteroatoms. The van der Waals surface area contributed by atoms with Crippen molar-refractivity contribution in [2.75, 3.05) is 31.4 Å². The van der Waals surface area contributed by atoms with Crippen molar-refractivity contribution in [1.82, 2.24) is 0 Å². The average molecular weight is 987 g/mol. The summed E-state index contributed by atoms with van der Waals surface area (Å²) < 4.78 is 111. The van der Waals surface area contributed by atoms with E-state index in [0.717, 1.165) is 60.7 Å². The van der Waals surface area contributed by atoms with Crippen LogP contribution in [-0.2, 0) is 39.9 Å². The van der Waals surface area contributed by atoms with Crippen molar-refractivity contribution in [3.8, 4) is 17.2 Å². The molecular formula is C37H30N8O19S3. The van der Waals surface area contributed by atoms with Crippen molar-refractivity contribution < 1.29 is 88.3 Å². The minimum Gasteiger partial charge on any atom is -0.505 e. The molecule has 6 rings (SSSR count). The van der Waals surface area contributed by atoms with Crippen LogP contribution in [-0.4, -0.2) is 120 Å². The number of hydrazone groups is 1. The Bertz CT molecular complexity index is 3310. The smallest absolute Gasteiger partial charge is 0.355 e. The highest BCUT2D eigenvalue weighted by atomic mass is 32.2. The van der Waals surface area contributed by atoms with E-state index in [0.29, 0.717) is 11.1 Å². The number of hydrogen-bond donors (Lipinski definition) is 8. The fourth-order valence-electron chi connectivity index (χ4n) is 5.85. The minimum atomic E-state index is -5.24. The second kappa shape index (κ2) is 19.4. The molecule has 0 saturated carbocycles. The molecule has 0 aliphatic carbocycles. The summed E-state index contributed by atoms with van der Waals surface area (Å²) in [5, 5.41) is 77.1. The summed E-state index contributed by atoms with van der Waals surface area (Å²) in [6.07, 6.45) is 0. The van der Waals surface area contributed by atoms with E-state index in [4.69, 9.17) is 9.47 Å². The highest BCUT2D eigenvalue weighted by molar-refractivity contribution is 7.86. The van der Waals surface area contributed by atoms with Gasteiger partial charge in [0.05, 0.1) is 39.9 Å². The number of rotatable bonds is 18. The number of carboxylic acids is 2. The lowest BCUT2D eigenvalue weighted by molar-refractivity contribution is -0.130. The molecule has 350 valence electrons. The summed E-state index contributed by atoms with van der Waals surface area (Å²) in [4.78, 5) is 34.8. The number of carboxylic acid groups (broad SMARTS) is 2. The highest BCUT2D eigenvalue weighted by Crippen LogP contribution is 2.45. The number of carbonyl (C=O) groups excluding carboxylic acids is 1. The topological polar surface area (TPSA) is 424 Å². The summed E-state index contributed by atoms with van der Waals surface area (Å²) >= 11 is 0. The Morgan fingerprint density at radius 3 is 1.76 bits per heavy atom. The van der Waals surface area contributed by atoms with Gasteiger partial charge in [0.15, 0.2) is 11.5 Å². The number of phenols is 1. The van der Waals surface area contributed by atoms with E-state index in [1.165, 1.54) is 12.1 Å². The third-order valence-corrected chi connectivity index (χ3v) is 11.5. The van der Waals surface area contributed by atoms with Crippen LogP contribution in [0, 0.1) is 0 Å². The fourth-order valence-corrected chi connectivity index (χ4v) is 7.50. The van der Waals surface area contributed by atoms with E-state index in [1.54, 1.807) is 0 Å². The number of aliphatic hydroxyl groups is 2. The standard InChI is InChI=1S/C37H30N8O19S3/c46-9-11-63-28-17-27(29(64-12-10-47)16-26(28)40-39-25-8-6-22(66(57,58)59)15-24(25)36(50)51)41-42-31-30(67(60,61)62)14-18-13-19(1-7-23(18)34(31)48)38-43-32-33(37(52)53)44-45(35(32)49)20-2-4-21(5-3-20)65(54,55)56/h1-8,13-17,32,46-48H,9-12H2,(H,50,51)(H,52,53)(H,54,55,56)(H,57,58,59)(H,60,61,62). The highest BCUT2D eigenvalue weighted by Gasteiger charge is 2.41. The van der Waals surface area contributed by atoms with E-state index in [9.17, 15) is 78.8 Å². The van der Waals surface area contributed by atoms with Crippen molar-refractivity contribution >= 4 is 98.8 Å². The predicted molar refractivity (Wildman–Crippen MR) is 226 cm³/mol. The van der Waals surface area contributed by atoms with Gasteiger partial charge < -0.3 is 35.0 Å². The number of nitrogens with zero attached hydrogens (tertiary/aromatic N) is 8. The third-order valence-electron chi connectivity index (χ3n) is 8.87. The summed E-state index contributed by atoms with van der Waals surface area (Å²) in [6.45, 7) is -1.87. The number of anilines is 1. The molecule has 5 aromatic rings. The van der Waals surface area contributed by atoms with Gasteiger partial charge in [-0.25, -0.2) is 9.59 Å². The molecule has 1 aliphatic heterocycles. The Hall–Kier alpha value is -7.71. The molecule has 0 fully saturated rings. The molecule has 1 atom stereocenters. The normalized spacial score (nSPS) is 14.7. The zero-order chi connectivity index (χ0) is 49.0. The van der Waals surface area contributed by atoms with E-state index in [2.05, 4.69) is 35.8 Å². The number of fused-ring (bicyclic) bond motifs is 1. The number of ether oxygens (including phenoxy) is 2. The number of benzene rings is 5. The first-order valence-electron chi connectivity index (χ1n) is 18.3. The second-order valence-electron chi connectivity index (χ2n) is 13.3. The lowest BCUT2D eigenvalue weighted by Crippen LogP contribution is -2.33. The van der Waals surface area contributed by atoms with Gasteiger partial charge in [-0.1, -0.05) is 0 Å². The van der Waals surface area contributed by atoms with Gasteiger partial charge in [0.2, 0.25) is 6.04 Å². The van der Waals surface area contributed by atoms with Crippen molar-refractivity contribution in [1.29, 1.82) is 0 Å². The van der Waals surface area contributed by atoms with Crippen molar-refractivity contribution in [3.05, 3.63) is 84.4 Å². The quantitative estimate of drug-likeness (QED) is 0.0442. The van der Waals surface area contributed by atoms with Crippen LogP contribution in [0.25, 0.3) is 10.8 Å². The lowest BCUT2D eigenvalue weighted by atomic mass is 10.1. The molecule has 0 radical (unpaired) electrons. The van der Waals surface area contributed by atoms with Crippen LogP contribution in [0.4, 0.5) is 34.1 Å². The van der Waals surface area contributed by atoms with Crippen molar-refractivity contribution in [2.45, 2.75) is 20.7 Å². The van der Waals surface area contributed by atoms with Gasteiger partial charge in [-0.2, -0.15) is 45.6 Å². The van der Waals surface area contributed by atoms with Crippen molar-refractivity contribution in [2.24, 2.45) is 35.8 Å². The SMILES string of the molecule is O=C(O)C1=NN(c2ccc(S(=O)(=O)O)cc2)C(=O)C1N=Nc1ccc2c(O)c(N=Nc3cc(OCCO)c(N=Nc4ccc(S(=O)(=O)O)cc4C(=O)O)cc3OCCO)c(S(=O)(=O)O)cc2c1. The third kappa shape index (κ3) is 11.0. The van der Waals surface area contributed by atoms with Gasteiger partial charge in [-0.05, 0) is 72.1 Å². The zero-order valence-electron chi connectivity index (χ0n) is 33.3. The van der Waals surface area contributed by atoms with E-state index in [1.807, 2.05) is 0 Å². The maximum absolute atomic E-state index is 13.2. The largest absolute Gasteiger partial charge is 0.505 e. The molecular weight excluding hydrogens is 957 g/mol. The Labute approximate surface area is 375 Å². The molecule has 1 amide bonds. The fraction of sp³-hybridized carbons (Fsp3) is 0.135. The lowest BCUT2D eigenvalue weighted by Gasteiger charge is -2.13. The van der Waals surface area contributed by atoms with Gasteiger partial charge in [-0.3, -0.25) is 18.5 Å². The number of carbonyl (C=O) groups is 3. The Balaban J connectivity index is 1.36. The van der Waals surface area contributed by atoms with Crippen LogP contribution in [0.15, 0.2) is 129 Å². The number of amides is 1. The van der Waals surface area contributed by atoms with Crippen molar-refractivity contribution in [3.63, 3.8) is 0 Å². The molecule has 5 aromatic carbocycles. The van der Waals surface area contributed by atoms with Gasteiger partial charge >= 0.3 is 11.9 Å². The predicted octanol–water partition coefficient (Wildman–Crippen LogP) is 4.50. The van der Waals surface area contributed by atoms with E-state index in [-0.39, 0.29) is 51.6 Å². The molecule has 0 bridgehead atoms. The molecule has 0 aromatic heterocycles. The molecule has 0 spiro atoms. The number of hydrogen-bond acceptors (Lipinski definition) is 21. The van der Waals surface area contributed by atoms with Crippen LogP contribution in [0.2, 0.25) is 0 Å². The number of phenolic OH excluding ortho intramolecular Hbond substituents is 1. The van der Waals surface area contributed by atoms with E-state index < -0.39 is 117 Å². The average Bonchev–Trinajstić information content (AvgIpc) is 3.60. The first-order valence-corrected chi connectivity index (χ1v) is 22.6. The molecule has 8 N–H and O–H groups in total. The molecule has 0 saturated heterocycles.